The highest BCUT2D eigenvalue weighted by Crippen LogP contribution is 2.32. The maximum atomic E-state index is 5.64. The van der Waals surface area contributed by atoms with Gasteiger partial charge in [0.15, 0.2) is 0 Å². The molecule has 0 bridgehead atoms. The predicted octanol–water partition coefficient (Wildman–Crippen LogP) is 2.28. The summed E-state index contributed by atoms with van der Waals surface area (Å²) in [7, 11) is 1.67. The highest BCUT2D eigenvalue weighted by Gasteiger charge is 2.14. The topological polar surface area (TPSA) is 64.3 Å². The first-order valence-corrected chi connectivity index (χ1v) is 6.66. The molecule has 5 heteroatoms. The van der Waals surface area contributed by atoms with E-state index in [4.69, 9.17) is 10.5 Å². The first kappa shape index (κ1) is 14.3. The number of hydrogen-bond acceptors (Lipinski definition) is 5. The lowest BCUT2D eigenvalue weighted by molar-refractivity contribution is 0.415. The van der Waals surface area contributed by atoms with Crippen LogP contribution in [0.15, 0.2) is 36.5 Å². The molecule has 2 aromatic rings. The van der Waals surface area contributed by atoms with E-state index >= 15 is 0 Å². The second kappa shape index (κ2) is 6.86. The van der Waals surface area contributed by atoms with Crippen LogP contribution in [-0.2, 0) is 0 Å². The first-order valence-electron chi connectivity index (χ1n) is 6.66. The fourth-order valence-corrected chi connectivity index (χ4v) is 2.05. The number of nitrogens with zero attached hydrogens (tertiary/aromatic N) is 3. The molecule has 0 amide bonds. The van der Waals surface area contributed by atoms with Crippen molar-refractivity contribution in [2.45, 2.75) is 13.3 Å². The minimum Gasteiger partial charge on any atom is -0.495 e. The number of nitrogens with two attached hydrogens (primary N) is 1. The molecular formula is C15H20N4O. The average molecular weight is 272 g/mol. The second-order valence-electron chi connectivity index (χ2n) is 4.43. The third-order valence-corrected chi connectivity index (χ3v) is 3.00. The van der Waals surface area contributed by atoms with Crippen molar-refractivity contribution >= 4 is 11.5 Å². The maximum absolute atomic E-state index is 5.64. The van der Waals surface area contributed by atoms with Crippen molar-refractivity contribution in [3.63, 3.8) is 0 Å². The Morgan fingerprint density at radius 3 is 2.75 bits per heavy atom. The van der Waals surface area contributed by atoms with Crippen LogP contribution >= 0.6 is 0 Å². The Balaban J connectivity index is 2.41. The molecule has 0 spiro atoms. The molecule has 0 saturated carbocycles. The van der Waals surface area contributed by atoms with Crippen LogP contribution < -0.4 is 15.4 Å². The normalized spacial score (nSPS) is 10.3. The van der Waals surface area contributed by atoms with Crippen molar-refractivity contribution in [3.8, 4) is 5.75 Å². The summed E-state index contributed by atoms with van der Waals surface area (Å²) in [5.41, 5.74) is 6.63. The van der Waals surface area contributed by atoms with Crippen molar-refractivity contribution in [1.82, 2.24) is 9.97 Å². The molecule has 0 saturated heterocycles. The van der Waals surface area contributed by atoms with Gasteiger partial charge in [0.1, 0.15) is 17.4 Å². The molecule has 0 unspecified atom stereocenters. The molecule has 1 aromatic carbocycles. The second-order valence-corrected chi connectivity index (χ2v) is 4.43. The van der Waals surface area contributed by atoms with Gasteiger partial charge in [0.25, 0.3) is 0 Å². The molecule has 0 atom stereocenters. The van der Waals surface area contributed by atoms with Crippen LogP contribution in [0.4, 0.5) is 11.5 Å². The Morgan fingerprint density at radius 2 is 2.05 bits per heavy atom. The van der Waals surface area contributed by atoms with E-state index in [1.54, 1.807) is 13.3 Å². The summed E-state index contributed by atoms with van der Waals surface area (Å²) in [6.45, 7) is 3.30. The molecule has 5 nitrogen and oxygen atoms in total. The predicted molar refractivity (Wildman–Crippen MR) is 80.4 cm³/mol. The number of para-hydroxylation sites is 2. The van der Waals surface area contributed by atoms with Crippen molar-refractivity contribution in [2.75, 3.05) is 25.1 Å². The maximum Gasteiger partial charge on any atom is 0.142 e. The fraction of sp³-hybridized carbons (Fsp3) is 0.333. The Morgan fingerprint density at radius 1 is 1.25 bits per heavy atom. The molecule has 2 rings (SSSR count). The molecular weight excluding hydrogens is 252 g/mol. The van der Waals surface area contributed by atoms with Gasteiger partial charge in [-0.25, -0.2) is 9.97 Å². The SMILES string of the molecule is COc1ccccc1N(CCCN)c1ccnc(C)n1. The van der Waals surface area contributed by atoms with Crippen LogP contribution in [0.5, 0.6) is 5.75 Å². The van der Waals surface area contributed by atoms with Crippen LogP contribution in [-0.4, -0.2) is 30.2 Å². The van der Waals surface area contributed by atoms with E-state index in [1.807, 2.05) is 37.3 Å². The molecule has 0 fully saturated rings. The van der Waals surface area contributed by atoms with Gasteiger partial charge in [0.2, 0.25) is 0 Å². The first-order chi connectivity index (χ1) is 9.76. The van der Waals surface area contributed by atoms with E-state index in [1.165, 1.54) is 0 Å². The van der Waals surface area contributed by atoms with Gasteiger partial charge in [0, 0.05) is 12.7 Å². The van der Waals surface area contributed by atoms with Crippen molar-refractivity contribution < 1.29 is 4.74 Å². The summed E-state index contributed by atoms with van der Waals surface area (Å²) in [5, 5.41) is 0. The summed E-state index contributed by atoms with van der Waals surface area (Å²) in [5.74, 6) is 2.42. The summed E-state index contributed by atoms with van der Waals surface area (Å²) >= 11 is 0. The smallest absolute Gasteiger partial charge is 0.142 e. The van der Waals surface area contributed by atoms with E-state index in [9.17, 15) is 0 Å². The van der Waals surface area contributed by atoms with Crippen LogP contribution in [0.1, 0.15) is 12.2 Å². The minimum atomic E-state index is 0.635. The standard InChI is InChI=1S/C15H20N4O/c1-12-17-10-8-15(18-12)19(11-5-9-16)13-6-3-4-7-14(13)20-2/h3-4,6-8,10H,5,9,11,16H2,1-2H3. The highest BCUT2D eigenvalue weighted by molar-refractivity contribution is 5.66. The lowest BCUT2D eigenvalue weighted by atomic mass is 10.2. The molecule has 1 aromatic heterocycles. The van der Waals surface area contributed by atoms with Crippen molar-refractivity contribution in [3.05, 3.63) is 42.4 Å². The van der Waals surface area contributed by atoms with Gasteiger partial charge < -0.3 is 15.4 Å². The van der Waals surface area contributed by atoms with E-state index < -0.39 is 0 Å². The van der Waals surface area contributed by atoms with E-state index in [0.29, 0.717) is 6.54 Å². The number of aryl methyl sites for hydroxylation is 1. The van der Waals surface area contributed by atoms with E-state index in [-0.39, 0.29) is 0 Å². The molecule has 1 heterocycles. The summed E-state index contributed by atoms with van der Waals surface area (Å²) < 4.78 is 5.44. The number of methoxy groups -OCH3 is 1. The average Bonchev–Trinajstić information content (AvgIpc) is 2.48. The third kappa shape index (κ3) is 3.24. The number of rotatable bonds is 6. The van der Waals surface area contributed by atoms with Gasteiger partial charge in [-0.05, 0) is 38.1 Å². The molecule has 0 aliphatic heterocycles. The molecule has 2 N–H and O–H groups in total. The summed E-state index contributed by atoms with van der Waals surface area (Å²) in [6.07, 6.45) is 2.64. The zero-order chi connectivity index (χ0) is 14.4. The zero-order valence-electron chi connectivity index (χ0n) is 11.9. The number of anilines is 2. The van der Waals surface area contributed by atoms with Gasteiger partial charge in [0.05, 0.1) is 12.8 Å². The van der Waals surface area contributed by atoms with Crippen molar-refractivity contribution in [2.24, 2.45) is 5.73 Å². The lowest BCUT2D eigenvalue weighted by Crippen LogP contribution is -2.22. The molecule has 106 valence electrons. The van der Waals surface area contributed by atoms with E-state index in [0.717, 1.165) is 36.0 Å². The van der Waals surface area contributed by atoms with Crippen LogP contribution in [0.3, 0.4) is 0 Å². The zero-order valence-corrected chi connectivity index (χ0v) is 11.9. The third-order valence-electron chi connectivity index (χ3n) is 3.00. The minimum absolute atomic E-state index is 0.635. The van der Waals surface area contributed by atoms with Gasteiger partial charge in [-0.2, -0.15) is 0 Å². The summed E-state index contributed by atoms with van der Waals surface area (Å²) in [4.78, 5) is 10.8. The van der Waals surface area contributed by atoms with Crippen molar-refractivity contribution in [1.29, 1.82) is 0 Å². The Labute approximate surface area is 119 Å². The Bertz CT molecular complexity index is 559. The number of aromatic nitrogens is 2. The van der Waals surface area contributed by atoms with E-state index in [2.05, 4.69) is 14.9 Å². The number of ether oxygens (including phenoxy) is 1. The quantitative estimate of drug-likeness (QED) is 0.874. The van der Waals surface area contributed by atoms with Crippen LogP contribution in [0.2, 0.25) is 0 Å². The fourth-order valence-electron chi connectivity index (χ4n) is 2.05. The lowest BCUT2D eigenvalue weighted by Gasteiger charge is -2.25. The number of benzene rings is 1. The number of hydrogen-bond donors (Lipinski definition) is 1. The van der Waals surface area contributed by atoms with Gasteiger partial charge in [-0.3, -0.25) is 0 Å². The van der Waals surface area contributed by atoms with Crippen LogP contribution in [0.25, 0.3) is 0 Å². The monoisotopic (exact) mass is 272 g/mol. The molecule has 0 radical (unpaired) electrons. The molecule has 20 heavy (non-hydrogen) atoms. The van der Waals surface area contributed by atoms with Crippen LogP contribution in [0, 0.1) is 6.92 Å². The molecule has 0 aliphatic carbocycles. The van der Waals surface area contributed by atoms with Gasteiger partial charge in [-0.1, -0.05) is 12.1 Å². The van der Waals surface area contributed by atoms with Gasteiger partial charge in [-0.15, -0.1) is 0 Å². The van der Waals surface area contributed by atoms with Gasteiger partial charge >= 0.3 is 0 Å². The summed E-state index contributed by atoms with van der Waals surface area (Å²) in [6, 6.07) is 9.80. The Kier molecular flexibility index (Phi) is 4.90. The molecule has 0 aliphatic rings. The Hall–Kier alpha value is -2.14. The largest absolute Gasteiger partial charge is 0.495 e. The highest BCUT2D eigenvalue weighted by atomic mass is 16.5.